The molecule has 1 saturated heterocycles. The van der Waals surface area contributed by atoms with E-state index in [0.717, 1.165) is 5.56 Å². The van der Waals surface area contributed by atoms with E-state index in [1.54, 1.807) is 0 Å². The molecule has 2 amide bonds. The van der Waals surface area contributed by atoms with Crippen LogP contribution in [0.1, 0.15) is 18.9 Å². The highest BCUT2D eigenvalue weighted by atomic mass is 32.2. The molecule has 1 N–H and O–H groups in total. The van der Waals surface area contributed by atoms with Crippen molar-refractivity contribution >= 4 is 29.3 Å². The Morgan fingerprint density at radius 2 is 2.05 bits per heavy atom. The molecule has 1 aliphatic heterocycles. The number of likely N-dealkylation sites (N-methyl/N-ethyl adjacent to an activating group) is 1. The number of carbonyl (C=O) groups excluding carboxylic acids is 2. The molecule has 6 heteroatoms. The van der Waals surface area contributed by atoms with Crippen molar-refractivity contribution in [3.63, 3.8) is 0 Å². The lowest BCUT2D eigenvalue weighted by Gasteiger charge is -2.18. The number of anilines is 1. The Balaban J connectivity index is 2.57. The number of aryl methyl sites for hydroxylation is 1. The molecule has 0 spiro atoms. The van der Waals surface area contributed by atoms with E-state index in [2.05, 4.69) is 5.32 Å². The Bertz CT molecular complexity index is 674. The van der Waals surface area contributed by atoms with Crippen molar-refractivity contribution in [2.24, 2.45) is 0 Å². The van der Waals surface area contributed by atoms with Gasteiger partial charge in [0.25, 0.3) is 5.91 Å². The summed E-state index contributed by atoms with van der Waals surface area (Å²) >= 11 is 1.27. The smallest absolute Gasteiger partial charge is 0.264 e. The van der Waals surface area contributed by atoms with Crippen LogP contribution in [0.4, 0.5) is 5.69 Å². The first-order valence-electron chi connectivity index (χ1n) is 6.97. The fraction of sp³-hybridized carbons (Fsp3) is 0.312. The van der Waals surface area contributed by atoms with Crippen LogP contribution in [0.25, 0.3) is 0 Å². The van der Waals surface area contributed by atoms with E-state index >= 15 is 0 Å². The molecule has 0 aromatic heterocycles. The summed E-state index contributed by atoms with van der Waals surface area (Å²) in [6.07, 6.45) is 0.641. The van der Waals surface area contributed by atoms with E-state index in [-0.39, 0.29) is 16.7 Å². The summed E-state index contributed by atoms with van der Waals surface area (Å²) in [5.41, 5.74) is 1.72. The lowest BCUT2D eigenvalue weighted by Crippen LogP contribution is -2.30. The van der Waals surface area contributed by atoms with Crippen LogP contribution in [0.15, 0.2) is 34.9 Å². The van der Waals surface area contributed by atoms with E-state index in [1.165, 1.54) is 23.7 Å². The van der Waals surface area contributed by atoms with Crippen molar-refractivity contribution in [2.45, 2.75) is 25.5 Å². The first-order chi connectivity index (χ1) is 10.5. The minimum Gasteiger partial charge on any atom is -0.354 e. The summed E-state index contributed by atoms with van der Waals surface area (Å²) in [4.78, 5) is 26.0. The molecule has 1 heterocycles. The number of nitrogens with one attached hydrogen (secondary N) is 1. The van der Waals surface area contributed by atoms with E-state index in [0.29, 0.717) is 17.1 Å². The van der Waals surface area contributed by atoms with E-state index in [4.69, 9.17) is 0 Å². The molecule has 0 bridgehead atoms. The third-order valence-corrected chi connectivity index (χ3v) is 4.83. The van der Waals surface area contributed by atoms with Gasteiger partial charge in [-0.2, -0.15) is 5.26 Å². The van der Waals surface area contributed by atoms with Crippen LogP contribution >= 0.6 is 11.8 Å². The van der Waals surface area contributed by atoms with Gasteiger partial charge in [0, 0.05) is 12.7 Å². The van der Waals surface area contributed by atoms with Gasteiger partial charge >= 0.3 is 0 Å². The molecule has 5 nitrogen and oxygen atoms in total. The Kier molecular flexibility index (Phi) is 4.88. The van der Waals surface area contributed by atoms with Gasteiger partial charge in [0.2, 0.25) is 5.91 Å². The lowest BCUT2D eigenvalue weighted by atomic mass is 10.2. The summed E-state index contributed by atoms with van der Waals surface area (Å²) in [7, 11) is 1.47. The molecule has 114 valence electrons. The second-order valence-corrected chi connectivity index (χ2v) is 6.09. The third-order valence-electron chi connectivity index (χ3n) is 3.40. The van der Waals surface area contributed by atoms with Crippen molar-refractivity contribution in [3.05, 3.63) is 40.4 Å². The predicted octanol–water partition coefficient (Wildman–Crippen LogP) is 2.33. The number of nitrogens with zero attached hydrogens (tertiary/aromatic N) is 2. The summed E-state index contributed by atoms with van der Waals surface area (Å²) in [5, 5.41) is 11.9. The number of benzene rings is 1. The van der Waals surface area contributed by atoms with Gasteiger partial charge in [0.15, 0.2) is 0 Å². The van der Waals surface area contributed by atoms with Gasteiger partial charge in [-0.3, -0.25) is 14.5 Å². The average Bonchev–Trinajstić information content (AvgIpc) is 2.85. The van der Waals surface area contributed by atoms with Gasteiger partial charge in [-0.15, -0.1) is 0 Å². The molecular weight excluding hydrogens is 298 g/mol. The SMILES string of the molecule is CC[C@H]1S/C(=C(\C#N)C(=O)NC)N(c2ccc(C)cc2)C1=O. The number of nitriles is 1. The quantitative estimate of drug-likeness (QED) is 0.686. The molecule has 0 radical (unpaired) electrons. The van der Waals surface area contributed by atoms with Crippen molar-refractivity contribution in [2.75, 3.05) is 11.9 Å². The van der Waals surface area contributed by atoms with Gasteiger partial charge in [-0.05, 0) is 25.5 Å². The summed E-state index contributed by atoms with van der Waals surface area (Å²) in [6.45, 7) is 3.87. The summed E-state index contributed by atoms with van der Waals surface area (Å²) in [6, 6.07) is 9.37. The molecule has 0 aliphatic carbocycles. The first-order valence-corrected chi connectivity index (χ1v) is 7.85. The number of hydrogen-bond acceptors (Lipinski definition) is 4. The molecule has 1 fully saturated rings. The highest BCUT2D eigenvalue weighted by molar-refractivity contribution is 8.05. The summed E-state index contributed by atoms with van der Waals surface area (Å²) in [5.74, 6) is -0.574. The third kappa shape index (κ3) is 2.85. The summed E-state index contributed by atoms with van der Waals surface area (Å²) < 4.78 is 0. The monoisotopic (exact) mass is 315 g/mol. The highest BCUT2D eigenvalue weighted by Gasteiger charge is 2.39. The Hall–Kier alpha value is -2.26. The van der Waals surface area contributed by atoms with Gasteiger partial charge in [0.05, 0.1) is 5.25 Å². The number of amides is 2. The molecule has 1 aromatic rings. The molecule has 0 unspecified atom stereocenters. The minimum absolute atomic E-state index is 0.0302. The standard InChI is InChI=1S/C16H17N3O2S/c1-4-13-15(21)19(11-7-5-10(2)6-8-11)16(22-13)12(9-17)14(20)18-3/h5-8,13H,4H2,1-3H3,(H,18,20)/b16-12+/t13-/m1/s1. The zero-order chi connectivity index (χ0) is 16.3. The van der Waals surface area contributed by atoms with Crippen LogP contribution in [-0.4, -0.2) is 24.1 Å². The maximum absolute atomic E-state index is 12.6. The molecule has 1 aliphatic rings. The number of thioether (sulfide) groups is 1. The van der Waals surface area contributed by atoms with Crippen molar-refractivity contribution in [3.8, 4) is 6.07 Å². The normalized spacial score (nSPS) is 19.8. The minimum atomic E-state index is -0.480. The van der Waals surface area contributed by atoms with E-state index < -0.39 is 5.91 Å². The fourth-order valence-corrected chi connectivity index (χ4v) is 3.37. The molecular formula is C16H17N3O2S. The molecule has 1 aromatic carbocycles. The molecule has 22 heavy (non-hydrogen) atoms. The average molecular weight is 315 g/mol. The van der Waals surface area contributed by atoms with Crippen LogP contribution in [0.3, 0.4) is 0 Å². The van der Waals surface area contributed by atoms with Crippen LogP contribution in [0.5, 0.6) is 0 Å². The Labute approximate surface area is 134 Å². The van der Waals surface area contributed by atoms with Crippen LogP contribution in [0.2, 0.25) is 0 Å². The second-order valence-electron chi connectivity index (χ2n) is 4.90. The van der Waals surface area contributed by atoms with Crippen LogP contribution in [0, 0.1) is 18.3 Å². The zero-order valence-corrected chi connectivity index (χ0v) is 13.5. The maximum Gasteiger partial charge on any atom is 0.264 e. The van der Waals surface area contributed by atoms with Crippen molar-refractivity contribution in [1.29, 1.82) is 5.26 Å². The second kappa shape index (κ2) is 6.67. The van der Waals surface area contributed by atoms with Gasteiger partial charge in [-0.1, -0.05) is 36.4 Å². The highest BCUT2D eigenvalue weighted by Crippen LogP contribution is 2.41. The zero-order valence-electron chi connectivity index (χ0n) is 12.7. The maximum atomic E-state index is 12.6. The fourth-order valence-electron chi connectivity index (χ4n) is 2.17. The van der Waals surface area contributed by atoms with Crippen molar-refractivity contribution in [1.82, 2.24) is 5.32 Å². The van der Waals surface area contributed by atoms with Gasteiger partial charge < -0.3 is 5.32 Å². The van der Waals surface area contributed by atoms with E-state index in [1.807, 2.05) is 44.2 Å². The topological polar surface area (TPSA) is 73.2 Å². The van der Waals surface area contributed by atoms with Gasteiger partial charge in [-0.25, -0.2) is 0 Å². The molecule has 1 atom stereocenters. The first kappa shape index (κ1) is 16.1. The number of rotatable bonds is 3. The number of hydrogen-bond donors (Lipinski definition) is 1. The largest absolute Gasteiger partial charge is 0.354 e. The molecule has 0 saturated carbocycles. The van der Waals surface area contributed by atoms with E-state index in [9.17, 15) is 14.9 Å². The van der Waals surface area contributed by atoms with Crippen LogP contribution < -0.4 is 10.2 Å². The van der Waals surface area contributed by atoms with Crippen LogP contribution in [-0.2, 0) is 9.59 Å². The van der Waals surface area contributed by atoms with Gasteiger partial charge in [0.1, 0.15) is 16.7 Å². The van der Waals surface area contributed by atoms with Crippen molar-refractivity contribution < 1.29 is 9.59 Å². The molecule has 2 rings (SSSR count). The number of carbonyl (C=O) groups is 2. The Morgan fingerprint density at radius 1 is 1.41 bits per heavy atom. The predicted molar refractivity (Wildman–Crippen MR) is 87.0 cm³/mol. The Morgan fingerprint density at radius 3 is 2.55 bits per heavy atom. The lowest BCUT2D eigenvalue weighted by molar-refractivity contribution is -0.117.